The van der Waals surface area contributed by atoms with E-state index in [-0.39, 0.29) is 12.4 Å². The van der Waals surface area contributed by atoms with Crippen LogP contribution in [0.2, 0.25) is 0 Å². The second-order valence-corrected chi connectivity index (χ2v) is 4.51. The van der Waals surface area contributed by atoms with Gasteiger partial charge in [0.2, 0.25) is 0 Å². The summed E-state index contributed by atoms with van der Waals surface area (Å²) in [6.45, 7) is 3.74. The van der Waals surface area contributed by atoms with Gasteiger partial charge in [0.05, 0.1) is 6.04 Å². The third-order valence-corrected chi connectivity index (χ3v) is 2.84. The van der Waals surface area contributed by atoms with E-state index in [4.69, 9.17) is 4.74 Å². The van der Waals surface area contributed by atoms with Crippen molar-refractivity contribution in [3.05, 3.63) is 35.9 Å². The lowest BCUT2D eigenvalue weighted by atomic mass is 10.1. The summed E-state index contributed by atoms with van der Waals surface area (Å²) < 4.78 is 5.09. The van der Waals surface area contributed by atoms with E-state index in [1.165, 1.54) is 6.92 Å². The first-order valence-corrected chi connectivity index (χ1v) is 6.61. The van der Waals surface area contributed by atoms with Crippen molar-refractivity contribution in [2.24, 2.45) is 0 Å². The van der Waals surface area contributed by atoms with Gasteiger partial charge in [0, 0.05) is 0 Å². The zero-order valence-electron chi connectivity index (χ0n) is 11.5. The van der Waals surface area contributed by atoms with Crippen LogP contribution in [0.4, 0.5) is 4.79 Å². The molecule has 0 aliphatic rings. The minimum Gasteiger partial charge on any atom is -0.445 e. The third-order valence-electron chi connectivity index (χ3n) is 2.84. The highest BCUT2D eigenvalue weighted by Gasteiger charge is 2.16. The smallest absolute Gasteiger partial charge is 0.408 e. The highest BCUT2D eigenvalue weighted by Crippen LogP contribution is 2.04. The number of rotatable bonds is 7. The molecule has 0 aliphatic heterocycles. The van der Waals surface area contributed by atoms with E-state index in [0.717, 1.165) is 18.4 Å². The maximum Gasteiger partial charge on any atom is 0.408 e. The predicted octanol–water partition coefficient (Wildman–Crippen LogP) is 3.06. The second-order valence-electron chi connectivity index (χ2n) is 4.51. The Morgan fingerprint density at radius 1 is 1.26 bits per heavy atom. The minimum atomic E-state index is -0.542. The van der Waals surface area contributed by atoms with E-state index in [0.29, 0.717) is 6.42 Å². The van der Waals surface area contributed by atoms with Crippen LogP contribution in [0.5, 0.6) is 0 Å². The van der Waals surface area contributed by atoms with Crippen LogP contribution in [0.3, 0.4) is 0 Å². The number of nitrogens with one attached hydrogen (secondary N) is 1. The number of ketones is 1. The monoisotopic (exact) mass is 263 g/mol. The highest BCUT2D eigenvalue weighted by molar-refractivity contribution is 5.85. The number of unbranched alkanes of at least 4 members (excludes halogenated alkanes) is 1. The Labute approximate surface area is 114 Å². The van der Waals surface area contributed by atoms with Crippen LogP contribution in [0.15, 0.2) is 30.3 Å². The number of amides is 1. The molecule has 0 spiro atoms. The fourth-order valence-corrected chi connectivity index (χ4v) is 1.69. The van der Waals surface area contributed by atoms with Crippen molar-refractivity contribution in [3.8, 4) is 0 Å². The molecule has 0 saturated heterocycles. The van der Waals surface area contributed by atoms with Crippen LogP contribution < -0.4 is 5.32 Å². The molecule has 0 radical (unpaired) electrons. The molecule has 0 aromatic heterocycles. The van der Waals surface area contributed by atoms with Gasteiger partial charge in [-0.05, 0) is 18.9 Å². The largest absolute Gasteiger partial charge is 0.445 e. The highest BCUT2D eigenvalue weighted by atomic mass is 16.5. The van der Waals surface area contributed by atoms with Gasteiger partial charge in [0.1, 0.15) is 6.61 Å². The minimum absolute atomic E-state index is 0.0369. The standard InChI is InChI=1S/C15H21NO3/c1-3-4-10-14(12(2)17)16-15(18)19-11-13-8-6-5-7-9-13/h5-9,14H,3-4,10-11H2,1-2H3,(H,16,18). The molecule has 0 bridgehead atoms. The summed E-state index contributed by atoms with van der Waals surface area (Å²) >= 11 is 0. The molecule has 1 unspecified atom stereocenters. The zero-order valence-corrected chi connectivity index (χ0v) is 11.5. The van der Waals surface area contributed by atoms with Crippen molar-refractivity contribution in [1.29, 1.82) is 0 Å². The SMILES string of the molecule is CCCCC(NC(=O)OCc1ccccc1)C(C)=O. The number of carbonyl (C=O) groups excluding carboxylic acids is 2. The average Bonchev–Trinajstić information content (AvgIpc) is 2.42. The Morgan fingerprint density at radius 3 is 2.53 bits per heavy atom. The number of ether oxygens (including phenoxy) is 1. The van der Waals surface area contributed by atoms with Gasteiger partial charge in [-0.3, -0.25) is 4.79 Å². The van der Waals surface area contributed by atoms with Gasteiger partial charge in [0.15, 0.2) is 5.78 Å². The fraction of sp³-hybridized carbons (Fsp3) is 0.467. The summed E-state index contributed by atoms with van der Waals surface area (Å²) in [7, 11) is 0. The van der Waals surface area contributed by atoms with E-state index >= 15 is 0 Å². The van der Waals surface area contributed by atoms with Gasteiger partial charge in [-0.2, -0.15) is 0 Å². The van der Waals surface area contributed by atoms with Gasteiger partial charge >= 0.3 is 6.09 Å². The van der Waals surface area contributed by atoms with Gasteiger partial charge in [0.25, 0.3) is 0 Å². The Hall–Kier alpha value is -1.84. The maximum atomic E-state index is 11.6. The zero-order chi connectivity index (χ0) is 14.1. The van der Waals surface area contributed by atoms with Crippen LogP contribution in [-0.2, 0) is 16.1 Å². The molecule has 19 heavy (non-hydrogen) atoms. The average molecular weight is 263 g/mol. The van der Waals surface area contributed by atoms with Gasteiger partial charge < -0.3 is 10.1 Å². The fourth-order valence-electron chi connectivity index (χ4n) is 1.69. The number of hydrogen-bond acceptors (Lipinski definition) is 3. The van der Waals surface area contributed by atoms with Crippen molar-refractivity contribution in [2.45, 2.75) is 45.8 Å². The summed E-state index contributed by atoms with van der Waals surface area (Å²) in [5, 5.41) is 2.61. The molecule has 0 aliphatic carbocycles. The predicted molar refractivity (Wildman–Crippen MR) is 73.8 cm³/mol. The molecule has 4 nitrogen and oxygen atoms in total. The van der Waals surface area contributed by atoms with Crippen molar-refractivity contribution < 1.29 is 14.3 Å². The van der Waals surface area contributed by atoms with E-state index in [2.05, 4.69) is 5.32 Å². The first kappa shape index (κ1) is 15.2. The summed E-state index contributed by atoms with van der Waals surface area (Å²) in [5.41, 5.74) is 0.922. The third kappa shape index (κ3) is 6.04. The molecule has 1 aromatic rings. The summed E-state index contributed by atoms with van der Waals surface area (Å²) in [6, 6.07) is 9.00. The lowest BCUT2D eigenvalue weighted by molar-refractivity contribution is -0.119. The molecule has 1 aromatic carbocycles. The molecule has 0 heterocycles. The molecular formula is C15H21NO3. The Bertz CT molecular complexity index is 403. The normalized spacial score (nSPS) is 11.7. The van der Waals surface area contributed by atoms with Gasteiger partial charge in [-0.25, -0.2) is 4.79 Å². The Morgan fingerprint density at radius 2 is 1.95 bits per heavy atom. The molecule has 4 heteroatoms. The van der Waals surface area contributed by atoms with E-state index in [1.807, 2.05) is 37.3 Å². The number of alkyl carbamates (subject to hydrolysis) is 1. The number of benzene rings is 1. The van der Waals surface area contributed by atoms with Crippen molar-refractivity contribution in [3.63, 3.8) is 0 Å². The molecule has 1 atom stereocenters. The van der Waals surface area contributed by atoms with E-state index in [9.17, 15) is 9.59 Å². The second kappa shape index (κ2) is 8.29. The molecule has 0 saturated carbocycles. The van der Waals surface area contributed by atoms with Crippen LogP contribution in [0, 0.1) is 0 Å². The quantitative estimate of drug-likeness (QED) is 0.822. The molecule has 1 amide bonds. The number of hydrogen-bond donors (Lipinski definition) is 1. The summed E-state index contributed by atoms with van der Waals surface area (Å²) in [6.07, 6.45) is 2.01. The van der Waals surface area contributed by atoms with Crippen molar-refractivity contribution in [1.82, 2.24) is 5.32 Å². The maximum absolute atomic E-state index is 11.6. The van der Waals surface area contributed by atoms with Gasteiger partial charge in [-0.1, -0.05) is 50.1 Å². The van der Waals surface area contributed by atoms with Crippen molar-refractivity contribution >= 4 is 11.9 Å². The first-order chi connectivity index (χ1) is 9.13. The molecule has 1 rings (SSSR count). The summed E-state index contributed by atoms with van der Waals surface area (Å²) in [5.74, 6) is -0.0369. The lowest BCUT2D eigenvalue weighted by Gasteiger charge is -2.15. The van der Waals surface area contributed by atoms with Crippen LogP contribution in [-0.4, -0.2) is 17.9 Å². The molecule has 104 valence electrons. The lowest BCUT2D eigenvalue weighted by Crippen LogP contribution is -2.39. The Kier molecular flexibility index (Phi) is 6.64. The van der Waals surface area contributed by atoms with Crippen LogP contribution in [0.25, 0.3) is 0 Å². The van der Waals surface area contributed by atoms with Crippen LogP contribution >= 0.6 is 0 Å². The first-order valence-electron chi connectivity index (χ1n) is 6.61. The number of Topliss-reactive ketones (excluding diaryl/α,β-unsaturated/α-hetero) is 1. The van der Waals surface area contributed by atoms with Crippen molar-refractivity contribution in [2.75, 3.05) is 0 Å². The van der Waals surface area contributed by atoms with E-state index in [1.54, 1.807) is 0 Å². The molecule has 1 N–H and O–H groups in total. The van der Waals surface area contributed by atoms with E-state index < -0.39 is 12.1 Å². The molecular weight excluding hydrogens is 242 g/mol. The molecule has 0 fully saturated rings. The van der Waals surface area contributed by atoms with Crippen LogP contribution in [0.1, 0.15) is 38.7 Å². The topological polar surface area (TPSA) is 55.4 Å². The number of carbonyl (C=O) groups is 2. The van der Waals surface area contributed by atoms with Gasteiger partial charge in [-0.15, -0.1) is 0 Å². The Balaban J connectivity index is 2.38. The summed E-state index contributed by atoms with van der Waals surface area (Å²) in [4.78, 5) is 23.0.